The van der Waals surface area contributed by atoms with Crippen molar-refractivity contribution in [3.8, 4) is 5.75 Å². The van der Waals surface area contributed by atoms with E-state index < -0.39 is 6.36 Å². The van der Waals surface area contributed by atoms with Gasteiger partial charge in [0.1, 0.15) is 10.7 Å². The van der Waals surface area contributed by atoms with Crippen LogP contribution in [0.3, 0.4) is 0 Å². The minimum Gasteiger partial charge on any atom is -0.406 e. The third-order valence-electron chi connectivity index (χ3n) is 2.32. The number of nitrogens with two attached hydrogens (primary N) is 1. The zero-order valence-corrected chi connectivity index (χ0v) is 11.2. The van der Waals surface area contributed by atoms with Gasteiger partial charge in [-0.15, -0.1) is 18.3 Å². The molecule has 1 heterocycles. The summed E-state index contributed by atoms with van der Waals surface area (Å²) in [6.07, 6.45) is -3.35. The summed E-state index contributed by atoms with van der Waals surface area (Å²) in [5.41, 5.74) is 6.29. The van der Waals surface area contributed by atoms with Gasteiger partial charge in [0.15, 0.2) is 5.82 Å². The Morgan fingerprint density at radius 2 is 2.05 bits per heavy atom. The molecule has 0 bridgehead atoms. The number of rotatable bonds is 4. The van der Waals surface area contributed by atoms with E-state index in [0.717, 1.165) is 0 Å². The lowest BCUT2D eigenvalue weighted by Crippen LogP contribution is -2.17. The normalized spacial score (nSPS) is 11.0. The van der Waals surface area contributed by atoms with E-state index in [2.05, 4.69) is 20.3 Å². The predicted molar refractivity (Wildman–Crippen MR) is 74.3 cm³/mol. The Labute approximate surface area is 122 Å². The van der Waals surface area contributed by atoms with Gasteiger partial charge < -0.3 is 15.8 Å². The second-order valence-corrected chi connectivity index (χ2v) is 4.30. The molecule has 1 aromatic heterocycles. The van der Waals surface area contributed by atoms with E-state index in [9.17, 15) is 13.2 Å². The highest BCUT2D eigenvalue weighted by atomic mass is 32.1. The van der Waals surface area contributed by atoms with Crippen molar-refractivity contribution in [1.82, 2.24) is 10.2 Å². The van der Waals surface area contributed by atoms with E-state index in [-0.39, 0.29) is 16.6 Å². The molecule has 3 N–H and O–H groups in total. The number of hydrogen-bond donors (Lipinski definition) is 2. The van der Waals surface area contributed by atoms with Crippen LogP contribution >= 0.6 is 12.2 Å². The van der Waals surface area contributed by atoms with Crippen LogP contribution in [0.2, 0.25) is 0 Å². The molecule has 0 amide bonds. The zero-order valence-electron chi connectivity index (χ0n) is 10.4. The molecule has 0 atom stereocenters. The number of hydrogen-bond acceptors (Lipinski definition) is 5. The number of nitrogens with one attached hydrogen (secondary N) is 1. The lowest BCUT2D eigenvalue weighted by molar-refractivity contribution is -0.274. The first-order chi connectivity index (χ1) is 9.85. The molecule has 0 saturated heterocycles. The average Bonchev–Trinajstić information content (AvgIpc) is 2.37. The van der Waals surface area contributed by atoms with Crippen LogP contribution in [0.15, 0.2) is 36.5 Å². The van der Waals surface area contributed by atoms with Crippen LogP contribution in [0, 0.1) is 0 Å². The number of nitrogens with zero attached hydrogens (tertiary/aromatic N) is 2. The second-order valence-electron chi connectivity index (χ2n) is 3.86. The molecule has 0 unspecified atom stereocenters. The maximum absolute atomic E-state index is 12.2. The van der Waals surface area contributed by atoms with Crippen molar-refractivity contribution in [3.05, 3.63) is 42.1 Å². The standard InChI is InChI=1S/C12H9F3N4OS/c13-12(14,15)20-8-3-1-2-7(6-8)18-11-9(10(16)21)4-5-17-19-11/h1-6H,(H2,16,21)(H,18,19). The fourth-order valence-electron chi connectivity index (χ4n) is 1.53. The minimum atomic E-state index is -4.75. The molecule has 2 aromatic rings. The fraction of sp³-hybridized carbons (Fsp3) is 0.0833. The fourth-order valence-corrected chi connectivity index (χ4v) is 1.70. The summed E-state index contributed by atoms with van der Waals surface area (Å²) in [5.74, 6) is -0.109. The Kier molecular flexibility index (Phi) is 4.22. The Morgan fingerprint density at radius 3 is 2.71 bits per heavy atom. The Hall–Kier alpha value is -2.42. The topological polar surface area (TPSA) is 73.1 Å². The van der Waals surface area contributed by atoms with E-state index in [1.807, 2.05) is 0 Å². The predicted octanol–water partition coefficient (Wildman–Crippen LogP) is 2.75. The van der Waals surface area contributed by atoms with Gasteiger partial charge in [-0.25, -0.2) is 0 Å². The van der Waals surface area contributed by atoms with Gasteiger partial charge in [0, 0.05) is 11.8 Å². The van der Waals surface area contributed by atoms with Gasteiger partial charge in [-0.2, -0.15) is 5.10 Å². The van der Waals surface area contributed by atoms with Crippen molar-refractivity contribution in [2.45, 2.75) is 6.36 Å². The van der Waals surface area contributed by atoms with E-state index >= 15 is 0 Å². The molecule has 0 aliphatic rings. The number of aromatic nitrogens is 2. The molecule has 0 aliphatic carbocycles. The third-order valence-corrected chi connectivity index (χ3v) is 2.54. The highest BCUT2D eigenvalue weighted by molar-refractivity contribution is 7.80. The Bertz CT molecular complexity index is 663. The van der Waals surface area contributed by atoms with Gasteiger partial charge in [-0.05, 0) is 18.2 Å². The maximum Gasteiger partial charge on any atom is 0.573 e. The molecular weight excluding hydrogens is 305 g/mol. The third kappa shape index (κ3) is 4.28. The number of alkyl halides is 3. The first-order valence-electron chi connectivity index (χ1n) is 5.59. The van der Waals surface area contributed by atoms with Gasteiger partial charge >= 0.3 is 6.36 Å². The van der Waals surface area contributed by atoms with Crippen LogP contribution in [0.1, 0.15) is 5.56 Å². The van der Waals surface area contributed by atoms with Gasteiger partial charge in [-0.3, -0.25) is 0 Å². The highest BCUT2D eigenvalue weighted by Crippen LogP contribution is 2.26. The van der Waals surface area contributed by atoms with Crippen molar-refractivity contribution < 1.29 is 17.9 Å². The molecule has 5 nitrogen and oxygen atoms in total. The van der Waals surface area contributed by atoms with Crippen LogP contribution in [-0.2, 0) is 0 Å². The maximum atomic E-state index is 12.2. The molecule has 9 heteroatoms. The quantitative estimate of drug-likeness (QED) is 0.846. The van der Waals surface area contributed by atoms with Crippen molar-refractivity contribution in [3.63, 3.8) is 0 Å². The number of thiocarbonyl (C=S) groups is 1. The first-order valence-corrected chi connectivity index (χ1v) is 6.00. The molecule has 21 heavy (non-hydrogen) atoms. The van der Waals surface area contributed by atoms with Crippen LogP contribution in [0.4, 0.5) is 24.7 Å². The zero-order chi connectivity index (χ0) is 15.5. The molecule has 0 saturated carbocycles. The molecule has 0 aliphatic heterocycles. The summed E-state index contributed by atoms with van der Waals surface area (Å²) >= 11 is 4.86. The van der Waals surface area contributed by atoms with E-state index in [1.165, 1.54) is 24.4 Å². The van der Waals surface area contributed by atoms with Crippen LogP contribution in [0.5, 0.6) is 5.75 Å². The Morgan fingerprint density at radius 1 is 1.29 bits per heavy atom. The SMILES string of the molecule is NC(=S)c1ccnnc1Nc1cccc(OC(F)(F)F)c1. The molecule has 0 radical (unpaired) electrons. The Balaban J connectivity index is 2.25. The molecule has 0 spiro atoms. The smallest absolute Gasteiger partial charge is 0.406 e. The molecule has 110 valence electrons. The molecule has 2 rings (SSSR count). The van der Waals surface area contributed by atoms with Crippen LogP contribution < -0.4 is 15.8 Å². The highest BCUT2D eigenvalue weighted by Gasteiger charge is 2.31. The summed E-state index contributed by atoms with van der Waals surface area (Å²) in [5, 5.41) is 10.3. The van der Waals surface area contributed by atoms with Crippen molar-refractivity contribution in [1.29, 1.82) is 0 Å². The van der Waals surface area contributed by atoms with E-state index in [4.69, 9.17) is 18.0 Å². The van der Waals surface area contributed by atoms with Crippen LogP contribution in [-0.4, -0.2) is 21.5 Å². The monoisotopic (exact) mass is 314 g/mol. The number of benzene rings is 1. The van der Waals surface area contributed by atoms with Crippen molar-refractivity contribution >= 4 is 28.7 Å². The summed E-state index contributed by atoms with van der Waals surface area (Å²) < 4.78 is 40.3. The number of anilines is 2. The van der Waals surface area contributed by atoms with Gasteiger partial charge in [0.2, 0.25) is 0 Å². The summed E-state index contributed by atoms with van der Waals surface area (Å²) in [6.45, 7) is 0. The number of halogens is 3. The molecular formula is C12H9F3N4OS. The van der Waals surface area contributed by atoms with E-state index in [0.29, 0.717) is 11.3 Å². The van der Waals surface area contributed by atoms with Gasteiger partial charge in [0.25, 0.3) is 0 Å². The molecule has 1 aromatic carbocycles. The summed E-state index contributed by atoms with van der Waals surface area (Å²) in [4.78, 5) is 0.0927. The summed E-state index contributed by atoms with van der Waals surface area (Å²) in [7, 11) is 0. The molecule has 0 fully saturated rings. The van der Waals surface area contributed by atoms with Gasteiger partial charge in [0.05, 0.1) is 11.8 Å². The average molecular weight is 314 g/mol. The lowest BCUT2D eigenvalue weighted by atomic mass is 10.2. The van der Waals surface area contributed by atoms with Crippen LogP contribution in [0.25, 0.3) is 0 Å². The van der Waals surface area contributed by atoms with Crippen molar-refractivity contribution in [2.24, 2.45) is 5.73 Å². The lowest BCUT2D eigenvalue weighted by Gasteiger charge is -2.12. The largest absolute Gasteiger partial charge is 0.573 e. The van der Waals surface area contributed by atoms with Crippen molar-refractivity contribution in [2.75, 3.05) is 5.32 Å². The first kappa shape index (κ1) is 15.0. The van der Waals surface area contributed by atoms with Gasteiger partial charge in [-0.1, -0.05) is 18.3 Å². The van der Waals surface area contributed by atoms with E-state index in [1.54, 1.807) is 12.1 Å². The number of ether oxygens (including phenoxy) is 1. The summed E-state index contributed by atoms with van der Waals surface area (Å²) in [6, 6.07) is 6.85. The minimum absolute atomic E-state index is 0.0927. The second kappa shape index (κ2) is 5.92.